The average molecular weight is 410 g/mol. The number of amides is 1. The Bertz CT molecular complexity index is 1250. The molecule has 0 bridgehead atoms. The summed E-state index contributed by atoms with van der Waals surface area (Å²) >= 11 is 0. The third-order valence-corrected chi connectivity index (χ3v) is 5.00. The SMILES string of the molecule is CCOC(=O)c1c(C)nc2ccc(NC(=O)c3ccccc3)cc2c1-c1ccccc1. The molecule has 0 unspecified atom stereocenters. The average Bonchev–Trinajstić information content (AvgIpc) is 2.79. The highest BCUT2D eigenvalue weighted by Crippen LogP contribution is 2.35. The van der Waals surface area contributed by atoms with Gasteiger partial charge in [0, 0.05) is 22.2 Å². The van der Waals surface area contributed by atoms with Crippen molar-refractivity contribution in [2.24, 2.45) is 0 Å². The van der Waals surface area contributed by atoms with Crippen molar-refractivity contribution >= 4 is 28.5 Å². The van der Waals surface area contributed by atoms with Gasteiger partial charge in [-0.05, 0) is 49.7 Å². The summed E-state index contributed by atoms with van der Waals surface area (Å²) in [6, 6.07) is 24.2. The van der Waals surface area contributed by atoms with Crippen molar-refractivity contribution in [1.82, 2.24) is 4.98 Å². The van der Waals surface area contributed by atoms with Gasteiger partial charge in [0.15, 0.2) is 0 Å². The van der Waals surface area contributed by atoms with E-state index in [1.54, 1.807) is 19.1 Å². The first-order valence-electron chi connectivity index (χ1n) is 10.1. The molecule has 1 heterocycles. The second-order valence-corrected chi connectivity index (χ2v) is 7.09. The Hall–Kier alpha value is -3.99. The van der Waals surface area contributed by atoms with E-state index in [4.69, 9.17) is 4.74 Å². The Labute approximate surface area is 180 Å². The molecule has 0 aliphatic heterocycles. The summed E-state index contributed by atoms with van der Waals surface area (Å²) in [4.78, 5) is 30.1. The minimum atomic E-state index is -0.410. The number of rotatable bonds is 5. The molecule has 0 radical (unpaired) electrons. The van der Waals surface area contributed by atoms with Crippen LogP contribution in [0.1, 0.15) is 33.3 Å². The number of aromatic nitrogens is 1. The summed E-state index contributed by atoms with van der Waals surface area (Å²) in [5, 5.41) is 3.70. The Morgan fingerprint density at radius 3 is 2.29 bits per heavy atom. The molecule has 0 fully saturated rings. The maximum atomic E-state index is 12.8. The minimum Gasteiger partial charge on any atom is -0.462 e. The van der Waals surface area contributed by atoms with Gasteiger partial charge < -0.3 is 10.1 Å². The van der Waals surface area contributed by atoms with Gasteiger partial charge in [-0.2, -0.15) is 0 Å². The lowest BCUT2D eigenvalue weighted by Gasteiger charge is -2.16. The van der Waals surface area contributed by atoms with E-state index in [1.165, 1.54) is 0 Å². The second kappa shape index (κ2) is 8.79. The normalized spacial score (nSPS) is 10.6. The van der Waals surface area contributed by atoms with Gasteiger partial charge in [-0.3, -0.25) is 9.78 Å². The maximum Gasteiger partial charge on any atom is 0.340 e. The summed E-state index contributed by atoms with van der Waals surface area (Å²) in [5.41, 5.74) is 4.60. The molecule has 0 spiro atoms. The van der Waals surface area contributed by atoms with E-state index in [2.05, 4.69) is 10.3 Å². The van der Waals surface area contributed by atoms with E-state index in [-0.39, 0.29) is 12.5 Å². The Kier molecular flexibility index (Phi) is 5.76. The molecule has 3 aromatic carbocycles. The highest BCUT2D eigenvalue weighted by Gasteiger charge is 2.21. The van der Waals surface area contributed by atoms with Crippen LogP contribution >= 0.6 is 0 Å². The van der Waals surface area contributed by atoms with E-state index in [0.717, 1.165) is 22.0 Å². The fraction of sp³-hybridized carbons (Fsp3) is 0.115. The Balaban J connectivity index is 1.88. The first-order valence-corrected chi connectivity index (χ1v) is 10.1. The van der Waals surface area contributed by atoms with Gasteiger partial charge in [0.05, 0.1) is 23.4 Å². The number of carbonyl (C=O) groups is 2. The first-order chi connectivity index (χ1) is 15.1. The number of carbonyl (C=O) groups excluding carboxylic acids is 2. The lowest BCUT2D eigenvalue weighted by molar-refractivity contribution is 0.0526. The zero-order chi connectivity index (χ0) is 21.8. The standard InChI is InChI=1S/C26H22N2O3/c1-3-31-26(30)23-17(2)27-22-15-14-20(28-25(29)19-12-8-5-9-13-19)16-21(22)24(23)18-10-6-4-7-11-18/h4-16H,3H2,1-2H3,(H,28,29). The van der Waals surface area contributed by atoms with Gasteiger partial charge in [0.2, 0.25) is 0 Å². The van der Waals surface area contributed by atoms with Gasteiger partial charge in [0.1, 0.15) is 0 Å². The molecular weight excluding hydrogens is 388 g/mol. The fourth-order valence-electron chi connectivity index (χ4n) is 3.61. The van der Waals surface area contributed by atoms with Crippen molar-refractivity contribution < 1.29 is 14.3 Å². The molecule has 5 nitrogen and oxygen atoms in total. The molecule has 0 atom stereocenters. The summed E-state index contributed by atoms with van der Waals surface area (Å²) in [6.45, 7) is 3.86. The van der Waals surface area contributed by atoms with Crippen LogP contribution in [0.3, 0.4) is 0 Å². The van der Waals surface area contributed by atoms with Crippen molar-refractivity contribution in [3.8, 4) is 11.1 Å². The minimum absolute atomic E-state index is 0.202. The molecule has 4 rings (SSSR count). The highest BCUT2D eigenvalue weighted by atomic mass is 16.5. The molecule has 1 amide bonds. The number of anilines is 1. The quantitative estimate of drug-likeness (QED) is 0.432. The van der Waals surface area contributed by atoms with Gasteiger partial charge in [-0.25, -0.2) is 4.79 Å². The van der Waals surface area contributed by atoms with E-state index in [0.29, 0.717) is 22.5 Å². The number of benzene rings is 3. The number of hydrogen-bond donors (Lipinski definition) is 1. The van der Waals surface area contributed by atoms with Crippen LogP contribution in [0.2, 0.25) is 0 Å². The van der Waals surface area contributed by atoms with Crippen LogP contribution in [-0.2, 0) is 4.74 Å². The highest BCUT2D eigenvalue weighted by molar-refractivity contribution is 6.10. The second-order valence-electron chi connectivity index (χ2n) is 7.09. The maximum absolute atomic E-state index is 12.8. The smallest absolute Gasteiger partial charge is 0.340 e. The molecule has 1 aromatic heterocycles. The molecule has 154 valence electrons. The van der Waals surface area contributed by atoms with E-state index in [9.17, 15) is 9.59 Å². The number of nitrogens with zero attached hydrogens (tertiary/aromatic N) is 1. The number of aryl methyl sites for hydroxylation is 1. The van der Waals surface area contributed by atoms with Crippen LogP contribution in [0.5, 0.6) is 0 Å². The van der Waals surface area contributed by atoms with Crippen molar-refractivity contribution in [2.75, 3.05) is 11.9 Å². The van der Waals surface area contributed by atoms with Crippen molar-refractivity contribution in [3.05, 3.63) is 95.7 Å². The number of ether oxygens (including phenoxy) is 1. The van der Waals surface area contributed by atoms with Gasteiger partial charge >= 0.3 is 5.97 Å². The van der Waals surface area contributed by atoms with Crippen LogP contribution in [-0.4, -0.2) is 23.5 Å². The third kappa shape index (κ3) is 4.16. The van der Waals surface area contributed by atoms with Crippen LogP contribution in [0, 0.1) is 6.92 Å². The molecule has 1 N–H and O–H groups in total. The van der Waals surface area contributed by atoms with Gasteiger partial charge in [0.25, 0.3) is 5.91 Å². The Morgan fingerprint density at radius 1 is 0.935 bits per heavy atom. The van der Waals surface area contributed by atoms with Crippen molar-refractivity contribution in [2.45, 2.75) is 13.8 Å². The largest absolute Gasteiger partial charge is 0.462 e. The van der Waals surface area contributed by atoms with Crippen LogP contribution in [0.4, 0.5) is 5.69 Å². The van der Waals surface area contributed by atoms with Gasteiger partial charge in [-0.15, -0.1) is 0 Å². The molecule has 0 aliphatic carbocycles. The van der Waals surface area contributed by atoms with Crippen LogP contribution in [0.15, 0.2) is 78.9 Å². The van der Waals surface area contributed by atoms with Crippen molar-refractivity contribution in [3.63, 3.8) is 0 Å². The molecule has 0 saturated carbocycles. The van der Waals surface area contributed by atoms with Crippen LogP contribution < -0.4 is 5.32 Å². The van der Waals surface area contributed by atoms with E-state index in [1.807, 2.05) is 73.7 Å². The first kappa shape index (κ1) is 20.3. The van der Waals surface area contributed by atoms with Crippen molar-refractivity contribution in [1.29, 1.82) is 0 Å². The summed E-state index contributed by atoms with van der Waals surface area (Å²) in [5.74, 6) is -0.612. The number of pyridine rings is 1. The molecular formula is C26H22N2O3. The topological polar surface area (TPSA) is 68.3 Å². The van der Waals surface area contributed by atoms with E-state index >= 15 is 0 Å². The molecule has 0 aliphatic rings. The van der Waals surface area contributed by atoms with Gasteiger partial charge in [-0.1, -0.05) is 48.5 Å². The summed E-state index contributed by atoms with van der Waals surface area (Å²) in [6.07, 6.45) is 0. The molecule has 0 saturated heterocycles. The predicted octanol–water partition coefficient (Wildman–Crippen LogP) is 5.64. The number of hydrogen-bond acceptors (Lipinski definition) is 4. The zero-order valence-electron chi connectivity index (χ0n) is 17.4. The fourth-order valence-corrected chi connectivity index (χ4v) is 3.61. The zero-order valence-corrected chi connectivity index (χ0v) is 17.4. The number of esters is 1. The van der Waals surface area contributed by atoms with E-state index < -0.39 is 5.97 Å². The molecule has 31 heavy (non-hydrogen) atoms. The number of fused-ring (bicyclic) bond motifs is 1. The lowest BCUT2D eigenvalue weighted by atomic mass is 9.94. The monoisotopic (exact) mass is 410 g/mol. The molecule has 5 heteroatoms. The lowest BCUT2D eigenvalue weighted by Crippen LogP contribution is -2.12. The number of nitrogens with one attached hydrogen (secondary N) is 1. The molecule has 4 aromatic rings. The third-order valence-electron chi connectivity index (χ3n) is 5.00. The summed E-state index contributed by atoms with van der Waals surface area (Å²) in [7, 11) is 0. The predicted molar refractivity (Wildman–Crippen MR) is 122 cm³/mol. The Morgan fingerprint density at radius 2 is 1.61 bits per heavy atom. The summed E-state index contributed by atoms with van der Waals surface area (Å²) < 4.78 is 5.32. The van der Waals surface area contributed by atoms with Crippen LogP contribution in [0.25, 0.3) is 22.0 Å².